The second-order valence-electron chi connectivity index (χ2n) is 6.46. The molecule has 1 aromatic heterocycles. The first-order chi connectivity index (χ1) is 13.7. The van der Waals surface area contributed by atoms with E-state index in [4.69, 9.17) is 25.8 Å². The van der Waals surface area contributed by atoms with Gasteiger partial charge in [0.1, 0.15) is 18.0 Å². The fraction of sp³-hybridized carbons (Fsp3) is 0.286. The van der Waals surface area contributed by atoms with Gasteiger partial charge in [0.25, 0.3) is 0 Å². The smallest absolute Gasteiger partial charge is 0.166 e. The van der Waals surface area contributed by atoms with Crippen LogP contribution >= 0.6 is 11.6 Å². The number of hydrogen-bond acceptors (Lipinski definition) is 5. The SMILES string of the molecule is COc1cccc([C@H]2O[C@H](CCO)c3nccn3-c3ccc(Cl)cc32)c1OC. The van der Waals surface area contributed by atoms with Crippen LogP contribution in [0.3, 0.4) is 0 Å². The third-order valence-electron chi connectivity index (χ3n) is 4.90. The number of para-hydroxylation sites is 1. The lowest BCUT2D eigenvalue weighted by atomic mass is 9.98. The lowest BCUT2D eigenvalue weighted by Crippen LogP contribution is -2.13. The predicted molar refractivity (Wildman–Crippen MR) is 105 cm³/mol. The van der Waals surface area contributed by atoms with E-state index < -0.39 is 12.2 Å². The molecule has 0 unspecified atom stereocenters. The van der Waals surface area contributed by atoms with Crippen LogP contribution in [0.5, 0.6) is 11.5 Å². The van der Waals surface area contributed by atoms with Crippen LogP contribution in [0.15, 0.2) is 48.8 Å². The van der Waals surface area contributed by atoms with Crippen LogP contribution in [0, 0.1) is 0 Å². The van der Waals surface area contributed by atoms with Gasteiger partial charge in [-0.3, -0.25) is 0 Å². The highest BCUT2D eigenvalue weighted by atomic mass is 35.5. The van der Waals surface area contributed by atoms with Crippen LogP contribution in [0.2, 0.25) is 5.02 Å². The van der Waals surface area contributed by atoms with E-state index >= 15 is 0 Å². The topological polar surface area (TPSA) is 65.7 Å². The molecular weight excluding hydrogens is 380 g/mol. The number of aromatic nitrogens is 2. The Morgan fingerprint density at radius 2 is 2.04 bits per heavy atom. The van der Waals surface area contributed by atoms with E-state index in [-0.39, 0.29) is 6.61 Å². The minimum atomic E-state index is -0.475. The number of aliphatic hydroxyl groups excluding tert-OH is 1. The van der Waals surface area contributed by atoms with Crippen molar-refractivity contribution in [1.82, 2.24) is 9.55 Å². The Labute approximate surface area is 168 Å². The first-order valence-corrected chi connectivity index (χ1v) is 9.36. The molecule has 1 N–H and O–H groups in total. The Morgan fingerprint density at radius 1 is 1.18 bits per heavy atom. The Kier molecular flexibility index (Phi) is 5.26. The van der Waals surface area contributed by atoms with Gasteiger partial charge < -0.3 is 23.9 Å². The Morgan fingerprint density at radius 3 is 2.79 bits per heavy atom. The summed E-state index contributed by atoms with van der Waals surface area (Å²) < 4.78 is 19.6. The molecular formula is C21H21ClN2O4. The second-order valence-corrected chi connectivity index (χ2v) is 6.89. The molecule has 3 aromatic rings. The molecule has 2 heterocycles. The Bertz CT molecular complexity index is 988. The Balaban J connectivity index is 1.95. The van der Waals surface area contributed by atoms with Gasteiger partial charge in [0.15, 0.2) is 11.5 Å². The van der Waals surface area contributed by atoms with Crippen LogP contribution in [-0.2, 0) is 4.74 Å². The summed E-state index contributed by atoms with van der Waals surface area (Å²) in [7, 11) is 3.21. The second kappa shape index (κ2) is 7.83. The summed E-state index contributed by atoms with van der Waals surface area (Å²) >= 11 is 6.34. The maximum atomic E-state index is 9.59. The molecule has 0 bridgehead atoms. The number of hydrogen-bond donors (Lipinski definition) is 1. The molecule has 0 saturated carbocycles. The van der Waals surface area contributed by atoms with Gasteiger partial charge >= 0.3 is 0 Å². The number of benzene rings is 2. The molecule has 146 valence electrons. The van der Waals surface area contributed by atoms with Gasteiger partial charge in [-0.25, -0.2) is 4.98 Å². The van der Waals surface area contributed by atoms with Crippen molar-refractivity contribution in [2.45, 2.75) is 18.6 Å². The van der Waals surface area contributed by atoms with Crippen molar-refractivity contribution in [3.05, 3.63) is 70.8 Å². The first-order valence-electron chi connectivity index (χ1n) is 8.98. The van der Waals surface area contributed by atoms with Crippen LogP contribution in [0.1, 0.15) is 35.6 Å². The van der Waals surface area contributed by atoms with Crippen LogP contribution in [-0.4, -0.2) is 35.5 Å². The zero-order valence-corrected chi connectivity index (χ0v) is 16.4. The van der Waals surface area contributed by atoms with Crippen molar-refractivity contribution in [3.63, 3.8) is 0 Å². The standard InChI is InChI=1S/C21H21ClN2O4/c1-26-17-5-3-4-14(20(17)27-2)19-15-12-13(22)6-7-16(15)24-10-9-23-21(24)18(28-19)8-11-25/h3-7,9-10,12,18-19,25H,8,11H2,1-2H3/t18-,19-/m1/s1. The zero-order chi connectivity index (χ0) is 19.7. The van der Waals surface area contributed by atoms with Crippen LogP contribution in [0.25, 0.3) is 5.69 Å². The average molecular weight is 401 g/mol. The summed E-state index contributed by atoms with van der Waals surface area (Å²) in [6, 6.07) is 11.4. The normalized spacial score (nSPS) is 18.1. The Hall–Kier alpha value is -2.54. The van der Waals surface area contributed by atoms with Crippen LogP contribution in [0.4, 0.5) is 0 Å². The molecule has 0 saturated heterocycles. The molecule has 0 fully saturated rings. The molecule has 0 radical (unpaired) electrons. The maximum Gasteiger partial charge on any atom is 0.166 e. The van der Waals surface area contributed by atoms with E-state index in [1.54, 1.807) is 20.4 Å². The zero-order valence-electron chi connectivity index (χ0n) is 15.6. The highest BCUT2D eigenvalue weighted by molar-refractivity contribution is 6.30. The van der Waals surface area contributed by atoms with E-state index in [1.165, 1.54) is 0 Å². The number of nitrogens with zero attached hydrogens (tertiary/aromatic N) is 2. The summed E-state index contributed by atoms with van der Waals surface area (Å²) in [5.74, 6) is 1.96. The van der Waals surface area contributed by atoms with Crippen LogP contribution < -0.4 is 9.47 Å². The van der Waals surface area contributed by atoms with E-state index in [1.807, 2.05) is 47.2 Å². The first kappa shape index (κ1) is 18.8. The number of imidazole rings is 1. The van der Waals surface area contributed by atoms with E-state index in [0.29, 0.717) is 22.9 Å². The fourth-order valence-electron chi connectivity index (χ4n) is 3.68. The monoisotopic (exact) mass is 400 g/mol. The number of halogens is 1. The largest absolute Gasteiger partial charge is 0.493 e. The number of aliphatic hydroxyl groups is 1. The van der Waals surface area contributed by atoms with Crippen molar-refractivity contribution >= 4 is 11.6 Å². The van der Waals surface area contributed by atoms with Gasteiger partial charge in [0.2, 0.25) is 0 Å². The van der Waals surface area contributed by atoms with Crippen molar-refractivity contribution in [3.8, 4) is 17.2 Å². The number of rotatable bonds is 5. The van der Waals surface area contributed by atoms with Gasteiger partial charge in [0, 0.05) is 41.6 Å². The molecule has 1 aliphatic rings. The summed E-state index contributed by atoms with van der Waals surface area (Å²) in [4.78, 5) is 4.48. The molecule has 0 amide bonds. The molecule has 0 spiro atoms. The maximum absolute atomic E-state index is 9.59. The lowest BCUT2D eigenvalue weighted by Gasteiger charge is -2.24. The summed E-state index contributed by atoms with van der Waals surface area (Å²) in [6.07, 6.45) is 3.17. The fourth-order valence-corrected chi connectivity index (χ4v) is 3.86. The third-order valence-corrected chi connectivity index (χ3v) is 5.13. The van der Waals surface area contributed by atoms with Crippen molar-refractivity contribution in [2.24, 2.45) is 0 Å². The van der Waals surface area contributed by atoms with Crippen molar-refractivity contribution < 1.29 is 19.3 Å². The minimum absolute atomic E-state index is 0.0173. The molecule has 4 rings (SSSR count). The van der Waals surface area contributed by atoms with E-state index in [9.17, 15) is 5.11 Å². The van der Waals surface area contributed by atoms with Crippen molar-refractivity contribution in [1.29, 1.82) is 0 Å². The highest BCUT2D eigenvalue weighted by Crippen LogP contribution is 2.45. The van der Waals surface area contributed by atoms with Gasteiger partial charge in [-0.15, -0.1) is 0 Å². The summed E-state index contributed by atoms with van der Waals surface area (Å²) in [5, 5.41) is 10.2. The van der Waals surface area contributed by atoms with Gasteiger partial charge in [-0.05, 0) is 24.3 Å². The average Bonchev–Trinajstić information content (AvgIpc) is 3.15. The van der Waals surface area contributed by atoms with Crippen molar-refractivity contribution in [2.75, 3.05) is 20.8 Å². The lowest BCUT2D eigenvalue weighted by molar-refractivity contribution is -0.00957. The number of fused-ring (bicyclic) bond motifs is 3. The molecule has 28 heavy (non-hydrogen) atoms. The third kappa shape index (κ3) is 3.13. The predicted octanol–water partition coefficient (Wildman–Crippen LogP) is 4.09. The summed E-state index contributed by atoms with van der Waals surface area (Å²) in [5.41, 5.74) is 2.63. The molecule has 1 aliphatic heterocycles. The number of ether oxygens (including phenoxy) is 3. The van der Waals surface area contributed by atoms with Gasteiger partial charge in [0.05, 0.1) is 19.9 Å². The molecule has 2 aromatic carbocycles. The quantitative estimate of drug-likeness (QED) is 0.698. The molecule has 2 atom stereocenters. The molecule has 6 nitrogen and oxygen atoms in total. The molecule has 7 heteroatoms. The van der Waals surface area contributed by atoms with E-state index in [2.05, 4.69) is 4.98 Å². The van der Waals surface area contributed by atoms with Gasteiger partial charge in [-0.2, -0.15) is 0 Å². The molecule has 0 aliphatic carbocycles. The van der Waals surface area contributed by atoms with E-state index in [0.717, 1.165) is 22.6 Å². The van der Waals surface area contributed by atoms with Gasteiger partial charge in [-0.1, -0.05) is 23.7 Å². The highest BCUT2D eigenvalue weighted by Gasteiger charge is 2.33. The summed E-state index contributed by atoms with van der Waals surface area (Å²) in [6.45, 7) is -0.0173. The number of methoxy groups -OCH3 is 2. The minimum Gasteiger partial charge on any atom is -0.493 e.